The molecule has 0 saturated heterocycles. The Labute approximate surface area is 255 Å². The van der Waals surface area contributed by atoms with Crippen LogP contribution in [0.2, 0.25) is 25.7 Å². The van der Waals surface area contributed by atoms with Crippen LogP contribution in [0.4, 0.5) is 0 Å². The Morgan fingerprint density at radius 2 is 1.98 bits per heavy atom. The molecule has 4 aromatic rings. The van der Waals surface area contributed by atoms with Gasteiger partial charge in [0.05, 0.1) is 28.2 Å². The normalized spacial score (nSPS) is 17.5. The van der Waals surface area contributed by atoms with Gasteiger partial charge in [-0.1, -0.05) is 53.8 Å². The summed E-state index contributed by atoms with van der Waals surface area (Å²) in [6, 6.07) is 13.4. The summed E-state index contributed by atoms with van der Waals surface area (Å²) in [4.78, 5) is 18.8. The van der Waals surface area contributed by atoms with Gasteiger partial charge in [0.15, 0.2) is 5.82 Å². The molecule has 2 aromatic heterocycles. The number of ketones is 1. The highest BCUT2D eigenvalue weighted by molar-refractivity contribution is 9.11. The highest BCUT2D eigenvalue weighted by Crippen LogP contribution is 2.36. The average Bonchev–Trinajstić information content (AvgIpc) is 3.53. The minimum Gasteiger partial charge on any atom is -0.361 e. The first-order valence-electron chi connectivity index (χ1n) is 13.7. The summed E-state index contributed by atoms with van der Waals surface area (Å²) in [5, 5.41) is 9.94. The number of benzene rings is 2. The fraction of sp³-hybridized carbons (Fsp3) is 0.323. The van der Waals surface area contributed by atoms with Gasteiger partial charge in [-0.05, 0) is 68.3 Å². The maximum atomic E-state index is 14.2. The molecule has 1 aliphatic rings. The molecule has 0 bridgehead atoms. The summed E-state index contributed by atoms with van der Waals surface area (Å²) in [7, 11) is -5.21. The van der Waals surface area contributed by atoms with E-state index in [4.69, 9.17) is 4.74 Å². The summed E-state index contributed by atoms with van der Waals surface area (Å²) < 4.78 is 36.6. The highest BCUT2D eigenvalue weighted by atomic mass is 79.9. The van der Waals surface area contributed by atoms with Crippen molar-refractivity contribution in [1.82, 2.24) is 13.5 Å². The van der Waals surface area contributed by atoms with E-state index in [1.54, 1.807) is 54.0 Å². The molecule has 42 heavy (non-hydrogen) atoms. The molecule has 11 heteroatoms. The van der Waals surface area contributed by atoms with Crippen LogP contribution in [0.3, 0.4) is 0 Å². The van der Waals surface area contributed by atoms with Crippen molar-refractivity contribution in [3.63, 3.8) is 0 Å². The number of carbonyl (C=O) groups excluding carboxylic acids is 1. The van der Waals surface area contributed by atoms with Crippen LogP contribution in [0.5, 0.6) is 0 Å². The summed E-state index contributed by atoms with van der Waals surface area (Å²) in [6.45, 7) is 11.1. The third kappa shape index (κ3) is 5.44. The molecule has 1 atom stereocenters. The fourth-order valence-corrected chi connectivity index (χ4v) is 8.50. The fourth-order valence-electron chi connectivity index (χ4n) is 5.16. The van der Waals surface area contributed by atoms with E-state index in [-0.39, 0.29) is 18.3 Å². The predicted octanol–water partition coefficient (Wildman–Crippen LogP) is 6.89. The first-order chi connectivity index (χ1) is 19.8. The number of hydrogen-bond acceptors (Lipinski definition) is 6. The van der Waals surface area contributed by atoms with Crippen LogP contribution in [-0.4, -0.2) is 47.2 Å². The van der Waals surface area contributed by atoms with Gasteiger partial charge in [0.25, 0.3) is 0 Å². The lowest BCUT2D eigenvalue weighted by Gasteiger charge is -2.28. The molecule has 2 heterocycles. The van der Waals surface area contributed by atoms with Gasteiger partial charge in [0, 0.05) is 36.3 Å². The van der Waals surface area contributed by atoms with Gasteiger partial charge in [0.1, 0.15) is 11.5 Å². The van der Waals surface area contributed by atoms with Crippen LogP contribution in [0, 0.1) is 18.3 Å². The molecule has 0 saturated carbocycles. The van der Waals surface area contributed by atoms with E-state index < -0.39 is 22.8 Å². The molecule has 0 spiro atoms. The van der Waals surface area contributed by atoms with E-state index in [0.717, 1.165) is 11.6 Å². The molecule has 0 N–H and O–H groups in total. The quantitative estimate of drug-likeness (QED) is 0.110. The van der Waals surface area contributed by atoms with E-state index in [2.05, 4.69) is 46.6 Å². The maximum Gasteiger partial charge on any atom is 0.248 e. The largest absolute Gasteiger partial charge is 0.361 e. The second-order valence-electron chi connectivity index (χ2n) is 12.1. The van der Waals surface area contributed by atoms with E-state index in [0.29, 0.717) is 50.6 Å². The van der Waals surface area contributed by atoms with Crippen molar-refractivity contribution in [1.29, 1.82) is 5.26 Å². The van der Waals surface area contributed by atoms with Gasteiger partial charge in [-0.2, -0.15) is 5.26 Å². The van der Waals surface area contributed by atoms with Gasteiger partial charge in [-0.25, -0.2) is 17.4 Å². The number of nitriles is 1. The topological polar surface area (TPSA) is 107 Å². The molecule has 0 amide bonds. The van der Waals surface area contributed by atoms with Gasteiger partial charge in [-0.15, -0.1) is 0 Å². The molecule has 1 unspecified atom stereocenters. The van der Waals surface area contributed by atoms with Gasteiger partial charge >= 0.3 is 0 Å². The second kappa shape index (κ2) is 11.1. The number of nitrogens with zero attached hydrogens (tertiary/aromatic N) is 4. The molecular weight excluding hydrogens is 632 g/mol. The number of carbonyl (C=O) groups is 1. The first-order valence-corrected chi connectivity index (χ1v) is 19.6. The smallest absolute Gasteiger partial charge is 0.248 e. The van der Waals surface area contributed by atoms with Crippen LogP contribution in [0.1, 0.15) is 40.7 Å². The number of rotatable bonds is 9. The van der Waals surface area contributed by atoms with Crippen LogP contribution >= 0.6 is 15.9 Å². The molecule has 0 fully saturated rings. The molecule has 2 aromatic carbocycles. The molecule has 0 aliphatic heterocycles. The Morgan fingerprint density at radius 1 is 1.21 bits per heavy atom. The van der Waals surface area contributed by atoms with Crippen LogP contribution in [0.25, 0.3) is 21.9 Å². The molecule has 5 rings (SSSR count). The lowest BCUT2D eigenvalue weighted by molar-refractivity contribution is 0.0835. The van der Waals surface area contributed by atoms with Gasteiger partial charge < -0.3 is 4.74 Å². The lowest BCUT2D eigenvalue weighted by atomic mass is 10.0. The standard InChI is InChI=1S/C31H33BrN4O4SSi/c1-21-8-10-25(24-12-14-36(28(21)24)41(38,39)31(2)13-6-7-23(32)18-31)29(37)30-34-26-17-22(19-33)9-11-27(26)35(30)20-40-15-16-42(3,4)5/h6-12,14,17-18H,13,15-16,20H2,1-5H3. The lowest BCUT2D eigenvalue weighted by Crippen LogP contribution is -2.38. The van der Waals surface area contributed by atoms with Gasteiger partial charge in [-0.3, -0.25) is 9.36 Å². The number of allylic oxidation sites excluding steroid dienone is 3. The Morgan fingerprint density at radius 3 is 2.67 bits per heavy atom. The molecule has 0 radical (unpaired) electrons. The van der Waals surface area contributed by atoms with Crippen molar-refractivity contribution in [3.05, 3.63) is 87.8 Å². The van der Waals surface area contributed by atoms with Crippen molar-refractivity contribution in [2.75, 3.05) is 6.61 Å². The zero-order valence-electron chi connectivity index (χ0n) is 24.3. The second-order valence-corrected chi connectivity index (χ2v) is 20.9. The number of aryl methyl sites for hydroxylation is 1. The summed E-state index contributed by atoms with van der Waals surface area (Å²) >= 11 is 3.42. The van der Waals surface area contributed by atoms with E-state index in [1.807, 2.05) is 19.1 Å². The van der Waals surface area contributed by atoms with Crippen molar-refractivity contribution >= 4 is 61.7 Å². The molecule has 218 valence electrons. The SMILES string of the molecule is Cc1ccc(C(=O)c2nc3cc(C#N)ccc3n2COCC[Si](C)(C)C)c2ccn(S(=O)(=O)C3(C)C=C(Br)C=CC3)c12. The number of hydrogen-bond donors (Lipinski definition) is 0. The van der Waals surface area contributed by atoms with Crippen molar-refractivity contribution in [3.8, 4) is 6.07 Å². The van der Waals surface area contributed by atoms with Crippen LogP contribution in [-0.2, 0) is 21.5 Å². The Bertz CT molecular complexity index is 1940. The van der Waals surface area contributed by atoms with Crippen LogP contribution in [0.15, 0.2) is 65.3 Å². The van der Waals surface area contributed by atoms with Gasteiger partial charge in [0.2, 0.25) is 15.8 Å². The molecule has 1 aliphatic carbocycles. The Kier molecular flexibility index (Phi) is 7.96. The van der Waals surface area contributed by atoms with Crippen molar-refractivity contribution in [2.24, 2.45) is 0 Å². The third-order valence-corrected chi connectivity index (χ3v) is 12.1. The monoisotopic (exact) mass is 664 g/mol. The molecular formula is C31H33BrN4O4SSi. The van der Waals surface area contributed by atoms with E-state index in [9.17, 15) is 18.5 Å². The maximum absolute atomic E-state index is 14.2. The van der Waals surface area contributed by atoms with E-state index in [1.165, 1.54) is 10.2 Å². The summed E-state index contributed by atoms with van der Waals surface area (Å²) in [5.41, 5.74) is 3.18. The number of fused-ring (bicyclic) bond motifs is 2. The predicted molar refractivity (Wildman–Crippen MR) is 172 cm³/mol. The number of aromatic nitrogens is 3. The van der Waals surface area contributed by atoms with Crippen molar-refractivity contribution in [2.45, 2.75) is 57.4 Å². The zero-order valence-corrected chi connectivity index (χ0v) is 27.7. The molecule has 8 nitrogen and oxygen atoms in total. The number of halogens is 1. The van der Waals surface area contributed by atoms with Crippen molar-refractivity contribution < 1.29 is 17.9 Å². The highest BCUT2D eigenvalue weighted by Gasteiger charge is 2.40. The average molecular weight is 666 g/mol. The van der Waals surface area contributed by atoms with Crippen LogP contribution < -0.4 is 0 Å². The number of ether oxygens (including phenoxy) is 1. The first kappa shape index (κ1) is 30.2. The van der Waals surface area contributed by atoms with E-state index >= 15 is 0 Å². The minimum atomic E-state index is -3.89. The Balaban J connectivity index is 1.60. The summed E-state index contributed by atoms with van der Waals surface area (Å²) in [5.74, 6) is -0.182. The zero-order chi connectivity index (χ0) is 30.4. The Hall–Kier alpha value is -3.30. The third-order valence-electron chi connectivity index (χ3n) is 7.65. The number of imidazole rings is 1. The minimum absolute atomic E-state index is 0.130. The summed E-state index contributed by atoms with van der Waals surface area (Å²) in [6.07, 6.45) is 7.24.